The summed E-state index contributed by atoms with van der Waals surface area (Å²) in [6, 6.07) is 0. The zero-order chi connectivity index (χ0) is 5.98. The molecule has 1 rings (SSSR count). The smallest absolute Gasteiger partial charge is 0.163 e. The third-order valence-corrected chi connectivity index (χ3v) is 1.22. The van der Waals surface area contributed by atoms with Crippen molar-refractivity contribution in [3.8, 4) is 0 Å². The molecule has 0 N–H and O–H groups in total. The Morgan fingerprint density at radius 2 is 2.50 bits per heavy atom. The number of nitrogens with zero attached hydrogens (tertiary/aromatic N) is 1. The van der Waals surface area contributed by atoms with E-state index in [4.69, 9.17) is 0 Å². The molecule has 1 heterocycles. The summed E-state index contributed by atoms with van der Waals surface area (Å²) in [5.41, 5.74) is 0. The van der Waals surface area contributed by atoms with Crippen LogP contribution in [0.4, 0.5) is 0 Å². The summed E-state index contributed by atoms with van der Waals surface area (Å²) in [5.74, 6) is 0.104. The normalized spacial score (nSPS) is 18.6. The molecule has 3 heteroatoms. The van der Waals surface area contributed by atoms with Crippen molar-refractivity contribution in [2.75, 3.05) is 0 Å². The molecule has 0 atom stereocenters. The van der Waals surface area contributed by atoms with Gasteiger partial charge in [0, 0.05) is 18.7 Å². The number of halogens is 1. The number of ketones is 1. The number of rotatable bonds is 0. The van der Waals surface area contributed by atoms with E-state index in [1.54, 1.807) is 6.21 Å². The first-order chi connectivity index (χ1) is 3.79. The molecule has 0 aromatic heterocycles. The minimum absolute atomic E-state index is 0.104. The van der Waals surface area contributed by atoms with E-state index in [1.807, 2.05) is 0 Å². The van der Waals surface area contributed by atoms with Gasteiger partial charge >= 0.3 is 0 Å². The zero-order valence-electron chi connectivity index (χ0n) is 4.10. The average molecular weight is 174 g/mol. The van der Waals surface area contributed by atoms with Crippen LogP contribution in [0.3, 0.4) is 0 Å². The molecule has 0 saturated carbocycles. The fraction of sp³-hybridized carbons (Fsp3) is 0.200. The molecule has 8 heavy (non-hydrogen) atoms. The van der Waals surface area contributed by atoms with Gasteiger partial charge < -0.3 is 0 Å². The van der Waals surface area contributed by atoms with Gasteiger partial charge in [0.15, 0.2) is 5.78 Å². The summed E-state index contributed by atoms with van der Waals surface area (Å²) in [4.78, 5) is 14.3. The van der Waals surface area contributed by atoms with Gasteiger partial charge in [0.2, 0.25) is 0 Å². The molecular formula is C5H4BrNO. The van der Waals surface area contributed by atoms with E-state index in [0.29, 0.717) is 11.0 Å². The van der Waals surface area contributed by atoms with Crippen LogP contribution in [-0.2, 0) is 4.79 Å². The molecule has 0 aromatic carbocycles. The second-order valence-corrected chi connectivity index (χ2v) is 2.26. The van der Waals surface area contributed by atoms with E-state index in [0.717, 1.165) is 0 Å². The van der Waals surface area contributed by atoms with Gasteiger partial charge in [0.05, 0.1) is 0 Å². The topological polar surface area (TPSA) is 29.4 Å². The molecule has 0 saturated heterocycles. The number of allylic oxidation sites excluding steroid dienone is 1. The summed E-state index contributed by atoms with van der Waals surface area (Å²) in [6.07, 6.45) is 3.50. The van der Waals surface area contributed by atoms with E-state index < -0.39 is 0 Å². The van der Waals surface area contributed by atoms with E-state index in [-0.39, 0.29) is 5.78 Å². The lowest BCUT2D eigenvalue weighted by Crippen LogP contribution is -1.97. The lowest BCUT2D eigenvalue weighted by Gasteiger charge is -1.94. The molecular weight excluding hydrogens is 170 g/mol. The predicted octanol–water partition coefficient (Wildman–Crippen LogP) is 1.27. The highest BCUT2D eigenvalue weighted by Crippen LogP contribution is 2.09. The largest absolute Gasteiger partial charge is 0.294 e. The van der Waals surface area contributed by atoms with Crippen molar-refractivity contribution in [2.24, 2.45) is 4.99 Å². The van der Waals surface area contributed by atoms with Crippen LogP contribution in [0, 0.1) is 0 Å². The van der Waals surface area contributed by atoms with E-state index in [2.05, 4.69) is 20.9 Å². The van der Waals surface area contributed by atoms with E-state index in [9.17, 15) is 4.79 Å². The van der Waals surface area contributed by atoms with Crippen molar-refractivity contribution in [1.82, 2.24) is 0 Å². The molecule has 0 aromatic rings. The monoisotopic (exact) mass is 173 g/mol. The Hall–Kier alpha value is -0.440. The summed E-state index contributed by atoms with van der Waals surface area (Å²) in [7, 11) is 0. The second kappa shape index (κ2) is 2.22. The molecule has 0 radical (unpaired) electrons. The first-order valence-corrected chi connectivity index (χ1v) is 3.01. The minimum atomic E-state index is 0.104. The fourth-order valence-electron chi connectivity index (χ4n) is 0.452. The average Bonchev–Trinajstić information content (AvgIpc) is 1.64. The minimum Gasteiger partial charge on any atom is -0.294 e. The number of hydrogen-bond donors (Lipinski definition) is 0. The molecule has 0 unspecified atom stereocenters. The van der Waals surface area contributed by atoms with Crippen LogP contribution in [0.1, 0.15) is 6.42 Å². The van der Waals surface area contributed by atoms with Gasteiger partial charge in [-0.3, -0.25) is 9.79 Å². The van der Waals surface area contributed by atoms with Crippen molar-refractivity contribution in [2.45, 2.75) is 6.42 Å². The molecule has 2 nitrogen and oxygen atoms in total. The summed E-state index contributed by atoms with van der Waals surface area (Å²) >= 11 is 3.07. The first-order valence-electron chi connectivity index (χ1n) is 2.21. The van der Waals surface area contributed by atoms with E-state index >= 15 is 0 Å². The highest BCUT2D eigenvalue weighted by molar-refractivity contribution is 9.11. The maximum absolute atomic E-state index is 10.5. The van der Waals surface area contributed by atoms with Crippen molar-refractivity contribution in [3.05, 3.63) is 10.7 Å². The summed E-state index contributed by atoms with van der Waals surface area (Å²) in [6.45, 7) is 0. The zero-order valence-corrected chi connectivity index (χ0v) is 5.68. The standard InChI is InChI=1S/C5H4BrNO/c6-5-3-4(8)1-2-7-5/h2-3H,1H2. The molecule has 42 valence electrons. The molecule has 1 aliphatic heterocycles. The van der Waals surface area contributed by atoms with Crippen molar-refractivity contribution in [3.63, 3.8) is 0 Å². The maximum Gasteiger partial charge on any atom is 0.163 e. The maximum atomic E-state index is 10.5. The van der Waals surface area contributed by atoms with Crippen LogP contribution < -0.4 is 0 Å². The van der Waals surface area contributed by atoms with Crippen LogP contribution in [0.5, 0.6) is 0 Å². The molecule has 0 aliphatic carbocycles. The van der Waals surface area contributed by atoms with Gasteiger partial charge in [-0.25, -0.2) is 0 Å². The third kappa shape index (κ3) is 1.26. The molecule has 1 aliphatic rings. The Labute approximate surface area is 55.4 Å². The van der Waals surface area contributed by atoms with Crippen LogP contribution in [-0.4, -0.2) is 12.0 Å². The summed E-state index contributed by atoms with van der Waals surface area (Å²) in [5, 5.41) is 0. The number of carbonyl (C=O) groups excluding carboxylic acids is 1. The summed E-state index contributed by atoms with van der Waals surface area (Å²) < 4.78 is 0.619. The SMILES string of the molecule is O=C1C=C(Br)N=CC1. The predicted molar refractivity (Wildman–Crippen MR) is 35.1 cm³/mol. The number of carbonyl (C=O) groups is 1. The Balaban J connectivity index is 2.77. The van der Waals surface area contributed by atoms with Crippen LogP contribution in [0.25, 0.3) is 0 Å². The van der Waals surface area contributed by atoms with Gasteiger partial charge in [-0.15, -0.1) is 0 Å². The Morgan fingerprint density at radius 1 is 1.75 bits per heavy atom. The quantitative estimate of drug-likeness (QED) is 0.508. The van der Waals surface area contributed by atoms with Crippen LogP contribution in [0.2, 0.25) is 0 Å². The van der Waals surface area contributed by atoms with Gasteiger partial charge in [-0.05, 0) is 15.9 Å². The van der Waals surface area contributed by atoms with Gasteiger partial charge in [-0.1, -0.05) is 0 Å². The molecule has 0 amide bonds. The van der Waals surface area contributed by atoms with Crippen LogP contribution in [0.15, 0.2) is 15.7 Å². The Bertz CT molecular complexity index is 171. The molecule has 0 fully saturated rings. The highest BCUT2D eigenvalue weighted by Gasteiger charge is 2.00. The highest BCUT2D eigenvalue weighted by atomic mass is 79.9. The first kappa shape index (κ1) is 5.69. The van der Waals surface area contributed by atoms with Gasteiger partial charge in [-0.2, -0.15) is 0 Å². The fourth-order valence-corrected chi connectivity index (χ4v) is 0.852. The lowest BCUT2D eigenvalue weighted by atomic mass is 10.3. The van der Waals surface area contributed by atoms with Crippen molar-refractivity contribution >= 4 is 27.9 Å². The van der Waals surface area contributed by atoms with Crippen molar-refractivity contribution < 1.29 is 4.79 Å². The molecule has 0 bridgehead atoms. The molecule has 0 spiro atoms. The third-order valence-electron chi connectivity index (χ3n) is 0.787. The van der Waals surface area contributed by atoms with Gasteiger partial charge in [0.25, 0.3) is 0 Å². The number of hydrogen-bond acceptors (Lipinski definition) is 2. The van der Waals surface area contributed by atoms with Crippen molar-refractivity contribution in [1.29, 1.82) is 0 Å². The van der Waals surface area contributed by atoms with E-state index in [1.165, 1.54) is 6.08 Å². The van der Waals surface area contributed by atoms with Crippen LogP contribution >= 0.6 is 15.9 Å². The lowest BCUT2D eigenvalue weighted by molar-refractivity contribution is -0.113. The number of aliphatic imine (C=N–C) groups is 1. The Morgan fingerprint density at radius 3 is 2.88 bits per heavy atom. The second-order valence-electron chi connectivity index (χ2n) is 1.45. The Kier molecular flexibility index (Phi) is 1.58. The van der Waals surface area contributed by atoms with Gasteiger partial charge in [0.1, 0.15) is 4.61 Å².